The molecule has 0 aliphatic carbocycles. The fourth-order valence-corrected chi connectivity index (χ4v) is 2.25. The average Bonchev–Trinajstić information content (AvgIpc) is 2.96. The molecule has 2 aromatic rings. The molecule has 0 atom stereocenters. The van der Waals surface area contributed by atoms with Gasteiger partial charge in [0.05, 0.1) is 12.3 Å². The zero-order chi connectivity index (χ0) is 16.8. The molecule has 0 N–H and O–H groups in total. The van der Waals surface area contributed by atoms with Crippen molar-refractivity contribution in [3.05, 3.63) is 42.1 Å². The number of halogens is 1. The van der Waals surface area contributed by atoms with E-state index in [9.17, 15) is 13.2 Å². The van der Waals surface area contributed by atoms with Crippen LogP contribution in [-0.4, -0.2) is 30.8 Å². The highest BCUT2D eigenvalue weighted by molar-refractivity contribution is 8.13. The molecule has 22 heavy (non-hydrogen) atoms. The summed E-state index contributed by atoms with van der Waals surface area (Å²) in [7, 11) is 1.23. The Bertz CT molecular complexity index is 727. The molecule has 0 unspecified atom stereocenters. The van der Waals surface area contributed by atoms with Gasteiger partial charge >= 0.3 is 5.97 Å². The smallest absolute Gasteiger partial charge is 0.357 e. The predicted octanol–water partition coefficient (Wildman–Crippen LogP) is 3.00. The summed E-state index contributed by atoms with van der Waals surface area (Å²) >= 11 is 0. The highest BCUT2D eigenvalue weighted by atomic mass is 35.7. The Morgan fingerprint density at radius 2 is 1.86 bits per heavy atom. The van der Waals surface area contributed by atoms with E-state index in [-0.39, 0.29) is 12.3 Å². The van der Waals surface area contributed by atoms with Gasteiger partial charge < -0.3 is 4.74 Å². The molecule has 0 saturated heterocycles. The third kappa shape index (κ3) is 4.32. The van der Waals surface area contributed by atoms with Gasteiger partial charge in [0.1, 0.15) is 0 Å². The Morgan fingerprint density at radius 3 is 2.36 bits per heavy atom. The quantitative estimate of drug-likeness (QED) is 0.629. The molecule has 1 heterocycles. The zero-order valence-electron chi connectivity index (χ0n) is 12.5. The van der Waals surface area contributed by atoms with Crippen LogP contribution in [0.1, 0.15) is 31.3 Å². The first kappa shape index (κ1) is 18.2. The summed E-state index contributed by atoms with van der Waals surface area (Å²) in [5.74, 6) is -0.671. The minimum absolute atomic E-state index is 0.00252. The van der Waals surface area contributed by atoms with Crippen LogP contribution >= 0.6 is 10.7 Å². The van der Waals surface area contributed by atoms with Crippen molar-refractivity contribution in [3.8, 4) is 5.69 Å². The molecule has 0 fully saturated rings. The van der Waals surface area contributed by atoms with Crippen molar-refractivity contribution in [1.82, 2.24) is 9.78 Å². The van der Waals surface area contributed by atoms with Crippen LogP contribution in [0.15, 0.2) is 41.4 Å². The highest BCUT2D eigenvalue weighted by Crippen LogP contribution is 2.19. The summed E-state index contributed by atoms with van der Waals surface area (Å²) in [4.78, 5) is 11.9. The molecular weight excluding hydrogens is 328 g/mol. The van der Waals surface area contributed by atoms with E-state index in [2.05, 4.69) is 5.10 Å². The zero-order valence-corrected chi connectivity index (χ0v) is 14.1. The number of hydrogen-bond donors (Lipinski definition) is 0. The molecule has 0 bridgehead atoms. The van der Waals surface area contributed by atoms with Crippen molar-refractivity contribution < 1.29 is 17.9 Å². The number of carbonyl (C=O) groups excluding carboxylic acids is 1. The first-order valence-corrected chi connectivity index (χ1v) is 9.01. The second kappa shape index (κ2) is 7.95. The number of aromatic nitrogens is 2. The molecule has 1 aromatic carbocycles. The van der Waals surface area contributed by atoms with Crippen LogP contribution in [0.2, 0.25) is 0 Å². The Balaban J connectivity index is 0.00000116. The lowest BCUT2D eigenvalue weighted by molar-refractivity contribution is 0.0515. The standard InChI is InChI=1S/C12H11ClN2O4S.C2H6/c1-2-19-12(16)10-8-11(20(13,17)18)14-15(10)9-6-4-3-5-7-9;1-2/h3-8H,2H2,1H3;1-2H3. The van der Waals surface area contributed by atoms with Gasteiger partial charge in [-0.3, -0.25) is 0 Å². The first-order chi connectivity index (χ1) is 10.4. The molecule has 0 amide bonds. The van der Waals surface area contributed by atoms with Crippen molar-refractivity contribution in [3.63, 3.8) is 0 Å². The second-order valence-electron chi connectivity index (χ2n) is 3.77. The normalized spacial score (nSPS) is 10.5. The predicted molar refractivity (Wildman–Crippen MR) is 83.9 cm³/mol. The van der Waals surface area contributed by atoms with Crippen molar-refractivity contribution >= 4 is 25.7 Å². The number of rotatable bonds is 4. The maximum absolute atomic E-state index is 11.9. The second-order valence-corrected chi connectivity index (χ2v) is 6.29. The Morgan fingerprint density at radius 1 is 1.27 bits per heavy atom. The van der Waals surface area contributed by atoms with E-state index in [0.717, 1.165) is 6.07 Å². The van der Waals surface area contributed by atoms with Crippen molar-refractivity contribution in [2.45, 2.75) is 25.8 Å². The van der Waals surface area contributed by atoms with Crippen LogP contribution in [0.25, 0.3) is 5.69 Å². The molecule has 1 aromatic heterocycles. The fraction of sp³-hybridized carbons (Fsp3) is 0.286. The number of benzene rings is 1. The number of carbonyl (C=O) groups is 1. The average molecular weight is 345 g/mol. The topological polar surface area (TPSA) is 78.3 Å². The Kier molecular flexibility index (Phi) is 6.58. The molecular formula is C14H17ClN2O4S. The van der Waals surface area contributed by atoms with Gasteiger partial charge in [-0.15, -0.1) is 0 Å². The van der Waals surface area contributed by atoms with Gasteiger partial charge in [-0.1, -0.05) is 32.0 Å². The van der Waals surface area contributed by atoms with E-state index < -0.39 is 20.0 Å². The third-order valence-corrected chi connectivity index (χ3v) is 3.60. The number of para-hydroxylation sites is 1. The Labute approximate surface area is 134 Å². The van der Waals surface area contributed by atoms with Gasteiger partial charge in [0, 0.05) is 16.7 Å². The SMILES string of the molecule is CC.CCOC(=O)c1cc(S(=O)(=O)Cl)nn1-c1ccccc1. The summed E-state index contributed by atoms with van der Waals surface area (Å²) in [6, 6.07) is 9.71. The Hall–Kier alpha value is -1.86. The minimum Gasteiger partial charge on any atom is -0.461 e. The van der Waals surface area contributed by atoms with Crippen LogP contribution in [0.3, 0.4) is 0 Å². The summed E-state index contributed by atoms with van der Waals surface area (Å²) in [5.41, 5.74) is 0.527. The molecule has 6 nitrogen and oxygen atoms in total. The molecule has 0 spiro atoms. The molecule has 0 radical (unpaired) electrons. The lowest BCUT2D eigenvalue weighted by atomic mass is 10.3. The molecule has 2 rings (SSSR count). The highest BCUT2D eigenvalue weighted by Gasteiger charge is 2.23. The van der Waals surface area contributed by atoms with E-state index in [1.165, 1.54) is 4.68 Å². The molecule has 0 aliphatic rings. The lowest BCUT2D eigenvalue weighted by Gasteiger charge is -2.06. The van der Waals surface area contributed by atoms with E-state index in [0.29, 0.717) is 5.69 Å². The molecule has 0 aliphatic heterocycles. The molecule has 0 saturated carbocycles. The van der Waals surface area contributed by atoms with Crippen LogP contribution < -0.4 is 0 Å². The molecule has 8 heteroatoms. The van der Waals surface area contributed by atoms with Gasteiger partial charge in [0.25, 0.3) is 9.05 Å². The van der Waals surface area contributed by atoms with Gasteiger partial charge in [-0.05, 0) is 19.1 Å². The maximum atomic E-state index is 11.9. The van der Waals surface area contributed by atoms with E-state index in [4.69, 9.17) is 15.4 Å². The van der Waals surface area contributed by atoms with Crippen LogP contribution in [0.5, 0.6) is 0 Å². The first-order valence-electron chi connectivity index (χ1n) is 6.70. The van der Waals surface area contributed by atoms with E-state index in [1.807, 2.05) is 13.8 Å². The summed E-state index contributed by atoms with van der Waals surface area (Å²) < 4.78 is 28.8. The van der Waals surface area contributed by atoms with Gasteiger partial charge in [0.15, 0.2) is 10.7 Å². The lowest BCUT2D eigenvalue weighted by Crippen LogP contribution is -2.11. The minimum atomic E-state index is -4.03. The summed E-state index contributed by atoms with van der Waals surface area (Å²) in [6.45, 7) is 5.82. The molecule has 120 valence electrons. The van der Waals surface area contributed by atoms with E-state index in [1.54, 1.807) is 37.3 Å². The summed E-state index contributed by atoms with van der Waals surface area (Å²) in [6.07, 6.45) is 0. The number of esters is 1. The van der Waals surface area contributed by atoms with Crippen LogP contribution in [-0.2, 0) is 13.8 Å². The van der Waals surface area contributed by atoms with Crippen molar-refractivity contribution in [2.24, 2.45) is 0 Å². The number of hydrogen-bond acceptors (Lipinski definition) is 5. The van der Waals surface area contributed by atoms with Gasteiger partial charge in [0.2, 0.25) is 0 Å². The largest absolute Gasteiger partial charge is 0.461 e. The van der Waals surface area contributed by atoms with Crippen LogP contribution in [0.4, 0.5) is 0 Å². The third-order valence-electron chi connectivity index (χ3n) is 2.42. The number of nitrogens with zero attached hydrogens (tertiary/aromatic N) is 2. The number of ether oxygens (including phenoxy) is 1. The van der Waals surface area contributed by atoms with Gasteiger partial charge in [-0.2, -0.15) is 5.10 Å². The summed E-state index contributed by atoms with van der Waals surface area (Å²) in [5, 5.41) is 3.45. The van der Waals surface area contributed by atoms with Crippen molar-refractivity contribution in [2.75, 3.05) is 6.61 Å². The monoisotopic (exact) mass is 344 g/mol. The fourth-order valence-electron chi connectivity index (χ4n) is 1.59. The van der Waals surface area contributed by atoms with Crippen LogP contribution in [0, 0.1) is 0 Å². The van der Waals surface area contributed by atoms with Gasteiger partial charge in [-0.25, -0.2) is 17.9 Å². The maximum Gasteiger partial charge on any atom is 0.357 e. The van der Waals surface area contributed by atoms with Crippen molar-refractivity contribution in [1.29, 1.82) is 0 Å². The van der Waals surface area contributed by atoms with E-state index >= 15 is 0 Å².